The van der Waals surface area contributed by atoms with E-state index in [0.717, 1.165) is 5.25 Å². The second-order valence-electron chi connectivity index (χ2n) is 5.36. The molecule has 0 radical (unpaired) electrons. The summed E-state index contributed by atoms with van der Waals surface area (Å²) in [4.78, 5) is 3.99. The van der Waals surface area contributed by atoms with Gasteiger partial charge in [-0.25, -0.2) is 0 Å². The topological polar surface area (TPSA) is 3.24 Å². The molecule has 0 spiro atoms. The van der Waals surface area contributed by atoms with E-state index < -0.39 is 0 Å². The summed E-state index contributed by atoms with van der Waals surface area (Å²) in [6, 6.07) is 0. The van der Waals surface area contributed by atoms with Crippen molar-refractivity contribution in [2.45, 2.75) is 51.3 Å². The zero-order valence-electron chi connectivity index (χ0n) is 10.2. The van der Waals surface area contributed by atoms with Crippen molar-refractivity contribution in [2.24, 2.45) is 0 Å². The Morgan fingerprint density at radius 2 is 2.20 bits per heavy atom. The molecule has 2 aliphatic rings. The molecule has 2 rings (SSSR count). The van der Waals surface area contributed by atoms with E-state index in [0.29, 0.717) is 0 Å². The molecule has 2 heterocycles. The van der Waals surface area contributed by atoms with Crippen LogP contribution < -0.4 is 0 Å². The predicted octanol–water partition coefficient (Wildman–Crippen LogP) is 3.78. The lowest BCUT2D eigenvalue weighted by molar-refractivity contribution is 0.203. The smallest absolute Gasteiger partial charge is 0.0313 e. The Hall–Kier alpha value is -0.370. The van der Waals surface area contributed by atoms with Gasteiger partial charge in [0.1, 0.15) is 0 Å². The van der Waals surface area contributed by atoms with Crippen LogP contribution in [0.1, 0.15) is 40.5 Å². The van der Waals surface area contributed by atoms with Crippen LogP contribution in [0.15, 0.2) is 22.8 Å². The van der Waals surface area contributed by atoms with Gasteiger partial charge in [0.15, 0.2) is 0 Å². The van der Waals surface area contributed by atoms with Crippen molar-refractivity contribution in [1.82, 2.24) is 4.90 Å². The standard InChI is InChI=1S/C13H21NS/c1-5-11-8-10-6-7-14(13(2,3)4)9-12(10)15-11/h8-9,11H,5-7H2,1-4H3. The first-order valence-corrected chi connectivity index (χ1v) is 6.75. The van der Waals surface area contributed by atoms with Crippen LogP contribution in [-0.2, 0) is 0 Å². The van der Waals surface area contributed by atoms with E-state index in [1.165, 1.54) is 24.3 Å². The summed E-state index contributed by atoms with van der Waals surface area (Å²) in [5, 5.41) is 0.728. The first kappa shape index (κ1) is 11.1. The summed E-state index contributed by atoms with van der Waals surface area (Å²) in [6.07, 6.45) is 7.32. The van der Waals surface area contributed by atoms with Crippen LogP contribution in [-0.4, -0.2) is 22.2 Å². The molecule has 0 aromatic heterocycles. The van der Waals surface area contributed by atoms with Crippen LogP contribution >= 0.6 is 11.8 Å². The molecule has 84 valence electrons. The van der Waals surface area contributed by atoms with Crippen molar-refractivity contribution in [1.29, 1.82) is 0 Å². The van der Waals surface area contributed by atoms with Gasteiger partial charge in [0.05, 0.1) is 0 Å². The third kappa shape index (κ3) is 2.25. The Morgan fingerprint density at radius 3 is 2.80 bits per heavy atom. The molecule has 0 saturated carbocycles. The van der Waals surface area contributed by atoms with Gasteiger partial charge in [0.2, 0.25) is 0 Å². The lowest BCUT2D eigenvalue weighted by Crippen LogP contribution is -2.39. The van der Waals surface area contributed by atoms with Gasteiger partial charge < -0.3 is 4.90 Å². The number of allylic oxidation sites excluding steroid dienone is 1. The molecule has 0 saturated heterocycles. The van der Waals surface area contributed by atoms with Gasteiger partial charge in [0.25, 0.3) is 0 Å². The molecule has 1 atom stereocenters. The summed E-state index contributed by atoms with van der Waals surface area (Å²) >= 11 is 2.04. The first-order chi connectivity index (χ1) is 7.00. The molecule has 0 amide bonds. The van der Waals surface area contributed by atoms with E-state index in [4.69, 9.17) is 0 Å². The highest BCUT2D eigenvalue weighted by Crippen LogP contribution is 2.42. The van der Waals surface area contributed by atoms with Crippen LogP contribution in [0.4, 0.5) is 0 Å². The van der Waals surface area contributed by atoms with Crippen molar-refractivity contribution < 1.29 is 0 Å². The van der Waals surface area contributed by atoms with Crippen LogP contribution in [0.5, 0.6) is 0 Å². The Morgan fingerprint density at radius 1 is 1.47 bits per heavy atom. The SMILES string of the molecule is CCC1C=C2CCN(C(C)(C)C)C=C2S1. The van der Waals surface area contributed by atoms with Crippen LogP contribution in [0, 0.1) is 0 Å². The largest absolute Gasteiger partial charge is 0.371 e. The molecule has 0 aromatic carbocycles. The number of nitrogens with zero attached hydrogens (tertiary/aromatic N) is 1. The average Bonchev–Trinajstić information content (AvgIpc) is 2.57. The molecule has 0 aromatic rings. The predicted molar refractivity (Wildman–Crippen MR) is 68.9 cm³/mol. The van der Waals surface area contributed by atoms with E-state index in [9.17, 15) is 0 Å². The van der Waals surface area contributed by atoms with E-state index in [1.54, 1.807) is 5.57 Å². The fourth-order valence-corrected chi connectivity index (χ4v) is 3.31. The average molecular weight is 223 g/mol. The second kappa shape index (κ2) is 3.89. The number of thioether (sulfide) groups is 1. The summed E-state index contributed by atoms with van der Waals surface area (Å²) in [5.41, 5.74) is 1.86. The highest BCUT2D eigenvalue weighted by molar-refractivity contribution is 8.04. The van der Waals surface area contributed by atoms with Gasteiger partial charge in [-0.2, -0.15) is 0 Å². The zero-order valence-corrected chi connectivity index (χ0v) is 11.0. The molecule has 1 unspecified atom stereocenters. The Bertz CT molecular complexity index is 309. The lowest BCUT2D eigenvalue weighted by atomic mass is 10.0. The van der Waals surface area contributed by atoms with Crippen molar-refractivity contribution in [2.75, 3.05) is 6.54 Å². The fourth-order valence-electron chi connectivity index (χ4n) is 2.08. The molecular formula is C13H21NS. The zero-order chi connectivity index (χ0) is 11.1. The monoisotopic (exact) mass is 223 g/mol. The first-order valence-electron chi connectivity index (χ1n) is 5.87. The molecule has 2 heteroatoms. The third-order valence-electron chi connectivity index (χ3n) is 3.14. The second-order valence-corrected chi connectivity index (χ2v) is 6.65. The van der Waals surface area contributed by atoms with E-state index in [-0.39, 0.29) is 5.54 Å². The minimum absolute atomic E-state index is 0.267. The summed E-state index contributed by atoms with van der Waals surface area (Å²) in [7, 11) is 0. The Kier molecular flexibility index (Phi) is 2.89. The molecule has 0 N–H and O–H groups in total. The fraction of sp³-hybridized carbons (Fsp3) is 0.692. The molecule has 0 bridgehead atoms. The molecular weight excluding hydrogens is 202 g/mol. The maximum atomic E-state index is 2.48. The van der Waals surface area contributed by atoms with Gasteiger partial charge in [-0.3, -0.25) is 0 Å². The normalized spacial score (nSPS) is 26.1. The van der Waals surface area contributed by atoms with Crippen molar-refractivity contribution in [3.05, 3.63) is 22.8 Å². The van der Waals surface area contributed by atoms with Gasteiger partial charge in [-0.1, -0.05) is 13.0 Å². The van der Waals surface area contributed by atoms with E-state index in [1.807, 2.05) is 11.8 Å². The molecule has 15 heavy (non-hydrogen) atoms. The number of rotatable bonds is 1. The minimum atomic E-state index is 0.267. The van der Waals surface area contributed by atoms with E-state index >= 15 is 0 Å². The molecule has 0 fully saturated rings. The maximum absolute atomic E-state index is 2.48. The summed E-state index contributed by atoms with van der Waals surface area (Å²) in [6.45, 7) is 10.3. The van der Waals surface area contributed by atoms with Gasteiger partial charge in [-0.05, 0) is 39.2 Å². The highest BCUT2D eigenvalue weighted by atomic mass is 32.2. The molecule has 1 nitrogen and oxygen atoms in total. The minimum Gasteiger partial charge on any atom is -0.371 e. The summed E-state index contributed by atoms with van der Waals surface area (Å²) < 4.78 is 0. The number of hydrogen-bond acceptors (Lipinski definition) is 2. The van der Waals surface area contributed by atoms with Gasteiger partial charge >= 0.3 is 0 Å². The number of hydrogen-bond donors (Lipinski definition) is 0. The lowest BCUT2D eigenvalue weighted by Gasteiger charge is -2.38. The third-order valence-corrected chi connectivity index (χ3v) is 4.53. The maximum Gasteiger partial charge on any atom is 0.0313 e. The van der Waals surface area contributed by atoms with Crippen LogP contribution in [0.25, 0.3) is 0 Å². The van der Waals surface area contributed by atoms with Crippen molar-refractivity contribution >= 4 is 11.8 Å². The highest BCUT2D eigenvalue weighted by Gasteiger charge is 2.28. The van der Waals surface area contributed by atoms with Crippen molar-refractivity contribution in [3.8, 4) is 0 Å². The van der Waals surface area contributed by atoms with Crippen LogP contribution in [0.3, 0.4) is 0 Å². The Balaban J connectivity index is 2.17. The molecule has 0 aliphatic carbocycles. The van der Waals surface area contributed by atoms with Gasteiger partial charge in [0, 0.05) is 28.4 Å². The van der Waals surface area contributed by atoms with Crippen molar-refractivity contribution in [3.63, 3.8) is 0 Å². The van der Waals surface area contributed by atoms with Gasteiger partial charge in [-0.15, -0.1) is 11.8 Å². The van der Waals surface area contributed by atoms with E-state index in [2.05, 4.69) is 44.9 Å². The summed E-state index contributed by atoms with van der Waals surface area (Å²) in [5.74, 6) is 0. The quantitative estimate of drug-likeness (QED) is 0.665. The Labute approximate surface area is 97.6 Å². The van der Waals surface area contributed by atoms with Crippen LogP contribution in [0.2, 0.25) is 0 Å². The number of fused-ring (bicyclic) bond motifs is 1. The molecule has 2 aliphatic heterocycles.